The molecule has 1 aromatic rings. The van der Waals surface area contributed by atoms with E-state index in [9.17, 15) is 0 Å². The Bertz CT molecular complexity index is 483. The number of hydrogen-bond donors (Lipinski definition) is 4. The van der Waals surface area contributed by atoms with Crippen LogP contribution in [-0.4, -0.2) is 44.3 Å². The molecule has 0 amide bonds. The molecule has 1 saturated carbocycles. The third-order valence-electron chi connectivity index (χ3n) is 5.08. The smallest absolute Gasteiger partial charge is 0.0548 e. The summed E-state index contributed by atoms with van der Waals surface area (Å²) in [5.41, 5.74) is 3.91. The molecular formula is C19H33Cl2N5Zn. The molecule has 27 heavy (non-hydrogen) atoms. The zero-order valence-electron chi connectivity index (χ0n) is 16.3. The fourth-order valence-corrected chi connectivity index (χ4v) is 3.74. The standard InChI is InChI=1S/C19H33N5.2ClH.Zn/c1-2-4-16(5-3-1)17-12-18-14-22-10-8-20-6-7-21-9-11-23-15-19(13-17)24-18;;;/h12-13,16,20-23H,1-11,14-15H2;2*1H;/q;;;+2/p-2. The summed E-state index contributed by atoms with van der Waals surface area (Å²) >= 11 is -0.931. The van der Waals surface area contributed by atoms with Gasteiger partial charge < -0.3 is 21.3 Å². The fraction of sp³-hybridized carbons (Fsp3) is 0.737. The van der Waals surface area contributed by atoms with E-state index in [1.54, 1.807) is 0 Å². The van der Waals surface area contributed by atoms with Crippen LogP contribution < -0.4 is 21.3 Å². The van der Waals surface area contributed by atoms with Crippen LogP contribution in [0.1, 0.15) is 55.0 Å². The first-order valence-corrected chi connectivity index (χ1v) is 18.1. The summed E-state index contributed by atoms with van der Waals surface area (Å²) in [7, 11) is 9.90. The fourth-order valence-electron chi connectivity index (χ4n) is 3.74. The Balaban J connectivity index is 0.000000817. The number of hydrogen-bond acceptors (Lipinski definition) is 5. The van der Waals surface area contributed by atoms with Crippen LogP contribution in [0.15, 0.2) is 12.1 Å². The topological polar surface area (TPSA) is 61.0 Å². The van der Waals surface area contributed by atoms with Crippen molar-refractivity contribution in [2.24, 2.45) is 0 Å². The first kappa shape index (κ1) is 23.5. The normalized spacial score (nSPS) is 20.4. The van der Waals surface area contributed by atoms with Gasteiger partial charge in [-0.1, -0.05) is 19.3 Å². The Morgan fingerprint density at radius 3 is 1.67 bits per heavy atom. The van der Waals surface area contributed by atoms with Crippen LogP contribution in [0.4, 0.5) is 0 Å². The van der Waals surface area contributed by atoms with E-state index in [0.29, 0.717) is 0 Å². The van der Waals surface area contributed by atoms with Gasteiger partial charge in [-0.05, 0) is 36.5 Å². The monoisotopic (exact) mass is 465 g/mol. The number of rotatable bonds is 1. The summed E-state index contributed by atoms with van der Waals surface area (Å²) in [4.78, 5) is 4.87. The minimum Gasteiger partial charge on any atom is -0.314 e. The molecular weight excluding hydrogens is 435 g/mol. The van der Waals surface area contributed by atoms with Gasteiger partial charge in [0.2, 0.25) is 0 Å². The van der Waals surface area contributed by atoms with Gasteiger partial charge in [0.25, 0.3) is 0 Å². The minimum atomic E-state index is -0.931. The van der Waals surface area contributed by atoms with Gasteiger partial charge in [0.05, 0.1) is 11.4 Å². The van der Waals surface area contributed by atoms with Crippen molar-refractivity contribution in [3.8, 4) is 0 Å². The van der Waals surface area contributed by atoms with Gasteiger partial charge in [0.15, 0.2) is 0 Å². The molecule has 2 aliphatic rings. The van der Waals surface area contributed by atoms with E-state index in [1.807, 2.05) is 0 Å². The van der Waals surface area contributed by atoms with Crippen molar-refractivity contribution in [2.75, 3.05) is 39.3 Å². The van der Waals surface area contributed by atoms with Crippen LogP contribution in [0.5, 0.6) is 0 Å². The van der Waals surface area contributed by atoms with Gasteiger partial charge in [0.1, 0.15) is 0 Å². The van der Waals surface area contributed by atoms with Crippen molar-refractivity contribution < 1.29 is 15.1 Å². The predicted octanol–water partition coefficient (Wildman–Crippen LogP) is 2.88. The van der Waals surface area contributed by atoms with E-state index < -0.39 is 15.1 Å². The van der Waals surface area contributed by atoms with Crippen LogP contribution in [0.25, 0.3) is 0 Å². The third-order valence-corrected chi connectivity index (χ3v) is 5.08. The first-order chi connectivity index (χ1) is 13.3. The Morgan fingerprint density at radius 2 is 1.19 bits per heavy atom. The number of nitrogens with one attached hydrogen (secondary N) is 4. The average molecular weight is 468 g/mol. The molecule has 1 aliphatic carbocycles. The largest absolute Gasteiger partial charge is 0.314 e. The second kappa shape index (κ2) is 15.1. The van der Waals surface area contributed by atoms with E-state index in [-0.39, 0.29) is 0 Å². The number of halogens is 2. The van der Waals surface area contributed by atoms with Crippen LogP contribution in [0.3, 0.4) is 0 Å². The number of nitrogens with zero attached hydrogens (tertiary/aromatic N) is 1. The molecule has 150 valence electrons. The van der Waals surface area contributed by atoms with E-state index in [2.05, 4.69) is 33.4 Å². The van der Waals surface area contributed by atoms with E-state index in [0.717, 1.165) is 58.3 Å². The van der Waals surface area contributed by atoms with Gasteiger partial charge in [0, 0.05) is 52.4 Å². The minimum absolute atomic E-state index is 0.740. The summed E-state index contributed by atoms with van der Waals surface area (Å²) in [5, 5.41) is 14.0. The maximum absolute atomic E-state index is 4.95. The Kier molecular flexibility index (Phi) is 13.1. The van der Waals surface area contributed by atoms with Gasteiger partial charge in [-0.2, -0.15) is 0 Å². The summed E-state index contributed by atoms with van der Waals surface area (Å²) < 4.78 is 0. The molecule has 3 rings (SSSR count). The number of pyridine rings is 1. The number of fused-ring (bicyclic) bond motifs is 2. The zero-order valence-corrected chi connectivity index (χ0v) is 20.8. The third kappa shape index (κ3) is 9.98. The van der Waals surface area contributed by atoms with Crippen molar-refractivity contribution in [1.29, 1.82) is 0 Å². The number of aromatic nitrogens is 1. The van der Waals surface area contributed by atoms with Crippen molar-refractivity contribution in [1.82, 2.24) is 26.3 Å². The molecule has 5 nitrogen and oxygen atoms in total. The average Bonchev–Trinajstić information content (AvgIpc) is 2.70. The molecule has 0 atom stereocenters. The predicted molar refractivity (Wildman–Crippen MR) is 111 cm³/mol. The SMILES string of the molecule is [Cl][Zn][Cl].c1c(C2CCCCC2)cc2nc1CNCCNCCNCCNC2. The second-order valence-electron chi connectivity index (χ2n) is 7.17. The van der Waals surface area contributed by atoms with Crippen LogP contribution in [0.2, 0.25) is 0 Å². The maximum atomic E-state index is 4.95. The van der Waals surface area contributed by atoms with E-state index in [4.69, 9.17) is 24.4 Å². The Labute approximate surface area is 179 Å². The molecule has 2 heterocycles. The van der Waals surface area contributed by atoms with Crippen LogP contribution in [-0.2, 0) is 28.2 Å². The molecule has 8 heteroatoms. The molecule has 1 aromatic heterocycles. The van der Waals surface area contributed by atoms with Crippen LogP contribution >= 0.6 is 19.4 Å². The molecule has 0 unspecified atom stereocenters. The molecule has 1 aliphatic heterocycles. The van der Waals surface area contributed by atoms with Crippen molar-refractivity contribution in [2.45, 2.75) is 51.1 Å². The summed E-state index contributed by atoms with van der Waals surface area (Å²) in [5.74, 6) is 0.740. The van der Waals surface area contributed by atoms with Gasteiger partial charge >= 0.3 is 34.5 Å². The molecule has 0 aromatic carbocycles. The molecule has 4 N–H and O–H groups in total. The quantitative estimate of drug-likeness (QED) is 0.479. The molecule has 0 radical (unpaired) electrons. The maximum Gasteiger partial charge on any atom is 0.0548 e. The molecule has 2 bridgehead atoms. The van der Waals surface area contributed by atoms with Crippen molar-refractivity contribution in [3.05, 3.63) is 29.1 Å². The first-order valence-electron chi connectivity index (χ1n) is 10.3. The van der Waals surface area contributed by atoms with Gasteiger partial charge in [-0.15, -0.1) is 0 Å². The Hall–Kier alpha value is 0.193. The van der Waals surface area contributed by atoms with Crippen LogP contribution in [0, 0.1) is 0 Å². The van der Waals surface area contributed by atoms with Crippen molar-refractivity contribution in [3.63, 3.8) is 0 Å². The summed E-state index contributed by atoms with van der Waals surface area (Å²) in [6, 6.07) is 4.69. The molecule has 0 saturated heterocycles. The summed E-state index contributed by atoms with van der Waals surface area (Å²) in [6.07, 6.45) is 6.86. The van der Waals surface area contributed by atoms with Gasteiger partial charge in [-0.25, -0.2) is 0 Å². The molecule has 0 spiro atoms. The van der Waals surface area contributed by atoms with E-state index in [1.165, 1.54) is 49.1 Å². The van der Waals surface area contributed by atoms with E-state index >= 15 is 0 Å². The zero-order chi connectivity index (χ0) is 19.2. The van der Waals surface area contributed by atoms with Crippen molar-refractivity contribution >= 4 is 19.4 Å². The second-order valence-corrected chi connectivity index (χ2v) is 11.8. The molecule has 1 fully saturated rings. The van der Waals surface area contributed by atoms with Gasteiger partial charge in [-0.3, -0.25) is 4.98 Å². The Morgan fingerprint density at radius 1 is 0.741 bits per heavy atom. The summed E-state index contributed by atoms with van der Waals surface area (Å²) in [6.45, 7) is 7.79.